The Hall–Kier alpha value is -2.34. The minimum atomic E-state index is -3.49. The van der Waals surface area contributed by atoms with Gasteiger partial charge in [-0.15, -0.1) is 0 Å². The van der Waals surface area contributed by atoms with E-state index in [9.17, 15) is 13.2 Å². The normalized spacial score (nSPS) is 11.4. The maximum atomic E-state index is 12.5. The topological polar surface area (TPSA) is 75.3 Å². The molecule has 2 aromatic carbocycles. The Labute approximate surface area is 155 Å². The fourth-order valence-corrected chi connectivity index (χ4v) is 3.76. The molecule has 0 unspecified atom stereocenters. The lowest BCUT2D eigenvalue weighted by molar-refractivity contribution is 0.0952. The molecule has 1 amide bonds. The van der Waals surface area contributed by atoms with Crippen molar-refractivity contribution in [3.05, 3.63) is 65.2 Å². The molecule has 0 aliphatic rings. The van der Waals surface area contributed by atoms with Gasteiger partial charge in [0.2, 0.25) is 10.0 Å². The molecular formula is C20H26N2O3S. The number of carbonyl (C=O) groups excluding carboxylic acids is 1. The molecule has 0 bridgehead atoms. The highest BCUT2D eigenvalue weighted by Crippen LogP contribution is 2.18. The summed E-state index contributed by atoms with van der Waals surface area (Å²) in [6, 6.07) is 14.5. The van der Waals surface area contributed by atoms with Gasteiger partial charge in [0, 0.05) is 6.54 Å². The second-order valence-corrected chi connectivity index (χ2v) is 8.66. The van der Waals surface area contributed by atoms with Crippen LogP contribution in [0.2, 0.25) is 0 Å². The van der Waals surface area contributed by atoms with Gasteiger partial charge in [-0.1, -0.05) is 55.8 Å². The minimum Gasteiger partial charge on any atom is -0.348 e. The monoisotopic (exact) mass is 374 g/mol. The van der Waals surface area contributed by atoms with Crippen LogP contribution in [0, 0.1) is 12.8 Å². The molecule has 5 nitrogen and oxygen atoms in total. The fraction of sp³-hybridized carbons (Fsp3) is 0.350. The quantitative estimate of drug-likeness (QED) is 0.739. The molecule has 0 aliphatic heterocycles. The molecule has 0 aromatic heterocycles. The zero-order valence-electron chi connectivity index (χ0n) is 15.5. The van der Waals surface area contributed by atoms with E-state index in [-0.39, 0.29) is 11.7 Å². The molecule has 0 radical (unpaired) electrons. The van der Waals surface area contributed by atoms with Gasteiger partial charge in [-0.3, -0.25) is 9.52 Å². The molecular weight excluding hydrogens is 348 g/mol. The highest BCUT2D eigenvalue weighted by Gasteiger charge is 2.16. The summed E-state index contributed by atoms with van der Waals surface area (Å²) < 4.78 is 27.0. The number of anilines is 1. The third kappa shape index (κ3) is 6.19. The van der Waals surface area contributed by atoms with Gasteiger partial charge in [0.15, 0.2) is 0 Å². The second kappa shape index (κ2) is 8.85. The standard InChI is InChI=1S/C20H26N2O3S/c1-15(2)12-13-26(24,25)22-19-7-5-4-6-18(19)20(23)21-14-17-10-8-16(3)9-11-17/h4-11,15,22H,12-14H2,1-3H3,(H,21,23). The van der Waals surface area contributed by atoms with Gasteiger partial charge in [-0.05, 0) is 37.0 Å². The maximum absolute atomic E-state index is 12.5. The van der Waals surface area contributed by atoms with Crippen molar-refractivity contribution >= 4 is 21.6 Å². The molecule has 0 atom stereocenters. The van der Waals surface area contributed by atoms with Crippen LogP contribution in [0.1, 0.15) is 41.8 Å². The van der Waals surface area contributed by atoms with Crippen LogP contribution in [0.5, 0.6) is 0 Å². The first-order valence-electron chi connectivity index (χ1n) is 8.70. The number of nitrogens with one attached hydrogen (secondary N) is 2. The summed E-state index contributed by atoms with van der Waals surface area (Å²) in [4.78, 5) is 12.5. The van der Waals surface area contributed by atoms with Crippen molar-refractivity contribution in [2.45, 2.75) is 33.7 Å². The van der Waals surface area contributed by atoms with E-state index in [4.69, 9.17) is 0 Å². The first-order valence-corrected chi connectivity index (χ1v) is 10.4. The van der Waals surface area contributed by atoms with E-state index < -0.39 is 10.0 Å². The van der Waals surface area contributed by atoms with E-state index >= 15 is 0 Å². The third-order valence-corrected chi connectivity index (χ3v) is 5.28. The number of para-hydroxylation sites is 1. The third-order valence-electron chi connectivity index (χ3n) is 3.97. The van der Waals surface area contributed by atoms with Gasteiger partial charge < -0.3 is 5.32 Å². The van der Waals surface area contributed by atoms with Crippen LogP contribution in [0.3, 0.4) is 0 Å². The van der Waals surface area contributed by atoms with Crippen molar-refractivity contribution in [3.63, 3.8) is 0 Å². The lowest BCUT2D eigenvalue weighted by atomic mass is 10.1. The molecule has 2 N–H and O–H groups in total. The Morgan fingerprint density at radius 3 is 2.35 bits per heavy atom. The fourth-order valence-electron chi connectivity index (χ4n) is 2.36. The van der Waals surface area contributed by atoms with Crippen LogP contribution in [-0.2, 0) is 16.6 Å². The second-order valence-electron chi connectivity index (χ2n) is 6.82. The van der Waals surface area contributed by atoms with E-state index in [1.54, 1.807) is 24.3 Å². The summed E-state index contributed by atoms with van der Waals surface area (Å²) in [6.07, 6.45) is 0.567. The number of rotatable bonds is 8. The maximum Gasteiger partial charge on any atom is 0.253 e. The summed E-state index contributed by atoms with van der Waals surface area (Å²) in [5, 5.41) is 2.84. The number of carbonyl (C=O) groups is 1. The Morgan fingerprint density at radius 1 is 1.04 bits per heavy atom. The minimum absolute atomic E-state index is 0.0317. The highest BCUT2D eigenvalue weighted by atomic mass is 32.2. The number of sulfonamides is 1. The van der Waals surface area contributed by atoms with Crippen LogP contribution < -0.4 is 10.0 Å². The Kier molecular flexibility index (Phi) is 6.80. The SMILES string of the molecule is Cc1ccc(CNC(=O)c2ccccc2NS(=O)(=O)CCC(C)C)cc1. The molecule has 2 aromatic rings. The van der Waals surface area contributed by atoms with Crippen LogP contribution in [0.25, 0.3) is 0 Å². The van der Waals surface area contributed by atoms with E-state index in [0.717, 1.165) is 11.1 Å². The molecule has 0 fully saturated rings. The van der Waals surface area contributed by atoms with Crippen molar-refractivity contribution in [2.24, 2.45) is 5.92 Å². The molecule has 0 saturated carbocycles. The van der Waals surface area contributed by atoms with Crippen molar-refractivity contribution in [1.82, 2.24) is 5.32 Å². The summed E-state index contributed by atoms with van der Waals surface area (Å²) in [6.45, 7) is 6.33. The van der Waals surface area contributed by atoms with Crippen LogP contribution in [0.15, 0.2) is 48.5 Å². The lowest BCUT2D eigenvalue weighted by Crippen LogP contribution is -2.25. The zero-order chi connectivity index (χ0) is 19.2. The summed E-state index contributed by atoms with van der Waals surface area (Å²) in [5.74, 6) is 0.0108. The Bertz CT molecular complexity index is 844. The van der Waals surface area contributed by atoms with E-state index in [1.807, 2.05) is 45.0 Å². The lowest BCUT2D eigenvalue weighted by Gasteiger charge is -2.13. The van der Waals surface area contributed by atoms with E-state index in [1.165, 1.54) is 0 Å². The smallest absolute Gasteiger partial charge is 0.253 e. The number of benzene rings is 2. The zero-order valence-corrected chi connectivity index (χ0v) is 16.3. The average Bonchev–Trinajstić information content (AvgIpc) is 2.59. The Balaban J connectivity index is 2.07. The molecule has 0 heterocycles. The van der Waals surface area contributed by atoms with Gasteiger partial charge in [-0.25, -0.2) is 8.42 Å². The number of aryl methyl sites for hydroxylation is 1. The largest absolute Gasteiger partial charge is 0.348 e. The van der Waals surface area contributed by atoms with Crippen molar-refractivity contribution < 1.29 is 13.2 Å². The predicted molar refractivity (Wildman–Crippen MR) is 106 cm³/mol. The van der Waals surface area contributed by atoms with Crippen molar-refractivity contribution in [3.8, 4) is 0 Å². The van der Waals surface area contributed by atoms with Crippen LogP contribution >= 0.6 is 0 Å². The molecule has 0 aliphatic carbocycles. The number of hydrogen-bond acceptors (Lipinski definition) is 3. The number of amides is 1. The molecule has 26 heavy (non-hydrogen) atoms. The van der Waals surface area contributed by atoms with Gasteiger partial charge >= 0.3 is 0 Å². The molecule has 0 saturated heterocycles. The molecule has 140 valence electrons. The molecule has 2 rings (SSSR count). The van der Waals surface area contributed by atoms with E-state index in [0.29, 0.717) is 30.1 Å². The van der Waals surface area contributed by atoms with Crippen molar-refractivity contribution in [1.29, 1.82) is 0 Å². The molecule has 0 spiro atoms. The first-order chi connectivity index (χ1) is 12.3. The predicted octanol–water partition coefficient (Wildman–Crippen LogP) is 3.71. The number of hydrogen-bond donors (Lipinski definition) is 2. The molecule has 6 heteroatoms. The first kappa shape index (κ1) is 20.0. The van der Waals surface area contributed by atoms with E-state index in [2.05, 4.69) is 10.0 Å². The van der Waals surface area contributed by atoms with Gasteiger partial charge in [0.05, 0.1) is 17.0 Å². The van der Waals surface area contributed by atoms with Crippen LogP contribution in [0.4, 0.5) is 5.69 Å². The Morgan fingerprint density at radius 2 is 1.69 bits per heavy atom. The summed E-state index contributed by atoms with van der Waals surface area (Å²) >= 11 is 0. The summed E-state index contributed by atoms with van der Waals surface area (Å²) in [7, 11) is -3.49. The summed E-state index contributed by atoms with van der Waals surface area (Å²) in [5.41, 5.74) is 2.76. The average molecular weight is 375 g/mol. The van der Waals surface area contributed by atoms with Gasteiger partial charge in [0.25, 0.3) is 5.91 Å². The van der Waals surface area contributed by atoms with Gasteiger partial charge in [0.1, 0.15) is 0 Å². The highest BCUT2D eigenvalue weighted by molar-refractivity contribution is 7.92. The van der Waals surface area contributed by atoms with Crippen molar-refractivity contribution in [2.75, 3.05) is 10.5 Å². The van der Waals surface area contributed by atoms with Crippen LogP contribution in [-0.4, -0.2) is 20.1 Å². The van der Waals surface area contributed by atoms with Gasteiger partial charge in [-0.2, -0.15) is 0 Å².